The number of hydrogen-bond acceptors (Lipinski definition) is 4. The number of nitrogens with two attached hydrogens (primary N) is 1. The molecule has 0 aliphatic carbocycles. The minimum Gasteiger partial charge on any atom is -0.377 e. The van der Waals surface area contributed by atoms with E-state index in [2.05, 4.69) is 30.5 Å². The van der Waals surface area contributed by atoms with E-state index < -0.39 is 0 Å². The molecule has 2 heterocycles. The highest BCUT2D eigenvalue weighted by Gasteiger charge is 2.11. The van der Waals surface area contributed by atoms with Gasteiger partial charge in [-0.25, -0.2) is 9.97 Å². The molecule has 0 aromatic carbocycles. The normalized spacial score (nSPS) is 11.3. The van der Waals surface area contributed by atoms with Gasteiger partial charge in [-0.2, -0.15) is 0 Å². The molecule has 0 aliphatic heterocycles. The number of nitrogens with zero attached hydrogens (tertiary/aromatic N) is 3. The zero-order valence-electron chi connectivity index (χ0n) is 10.4. The predicted octanol–water partition coefficient (Wildman–Crippen LogP) is 2.08. The SMILES string of the molecule is COCc1nc2cc(Br)cnc2n1CCCCN. The van der Waals surface area contributed by atoms with Crippen molar-refractivity contribution in [3.05, 3.63) is 22.6 Å². The fourth-order valence-corrected chi connectivity index (χ4v) is 2.24. The number of unbranched alkanes of at least 4 members (excludes halogenated alkanes) is 1. The molecule has 6 heteroatoms. The Balaban J connectivity index is 2.35. The van der Waals surface area contributed by atoms with Gasteiger partial charge in [0.1, 0.15) is 17.9 Å². The molecular formula is C12H17BrN4O. The highest BCUT2D eigenvalue weighted by atomic mass is 79.9. The predicted molar refractivity (Wildman–Crippen MR) is 74.2 cm³/mol. The van der Waals surface area contributed by atoms with E-state index in [1.807, 2.05) is 6.07 Å². The van der Waals surface area contributed by atoms with E-state index in [4.69, 9.17) is 10.5 Å². The van der Waals surface area contributed by atoms with Crippen molar-refractivity contribution in [2.45, 2.75) is 26.0 Å². The van der Waals surface area contributed by atoms with Crippen molar-refractivity contribution < 1.29 is 4.74 Å². The molecule has 18 heavy (non-hydrogen) atoms. The molecule has 98 valence electrons. The summed E-state index contributed by atoms with van der Waals surface area (Å²) in [5.41, 5.74) is 7.32. The first-order valence-corrected chi connectivity index (χ1v) is 6.75. The molecule has 2 aromatic heterocycles. The summed E-state index contributed by atoms with van der Waals surface area (Å²) in [6.45, 7) is 2.09. The fraction of sp³-hybridized carbons (Fsp3) is 0.500. The van der Waals surface area contributed by atoms with Gasteiger partial charge in [-0.05, 0) is 41.4 Å². The zero-order chi connectivity index (χ0) is 13.0. The Morgan fingerprint density at radius 2 is 2.28 bits per heavy atom. The summed E-state index contributed by atoms with van der Waals surface area (Å²) in [4.78, 5) is 8.99. The van der Waals surface area contributed by atoms with Crippen LogP contribution in [0.15, 0.2) is 16.7 Å². The molecule has 0 amide bonds. The lowest BCUT2D eigenvalue weighted by molar-refractivity contribution is 0.174. The number of hydrogen-bond donors (Lipinski definition) is 1. The Morgan fingerprint density at radius 3 is 3.00 bits per heavy atom. The van der Waals surface area contributed by atoms with Crippen LogP contribution in [-0.2, 0) is 17.9 Å². The number of methoxy groups -OCH3 is 1. The van der Waals surface area contributed by atoms with E-state index in [-0.39, 0.29) is 0 Å². The van der Waals surface area contributed by atoms with Crippen molar-refractivity contribution in [2.24, 2.45) is 5.73 Å². The van der Waals surface area contributed by atoms with Gasteiger partial charge in [0.15, 0.2) is 5.65 Å². The van der Waals surface area contributed by atoms with Crippen molar-refractivity contribution in [3.8, 4) is 0 Å². The first-order valence-electron chi connectivity index (χ1n) is 5.96. The molecule has 0 atom stereocenters. The molecular weight excluding hydrogens is 296 g/mol. The van der Waals surface area contributed by atoms with Gasteiger partial charge in [0.25, 0.3) is 0 Å². The van der Waals surface area contributed by atoms with Crippen LogP contribution in [0.1, 0.15) is 18.7 Å². The second-order valence-electron chi connectivity index (χ2n) is 4.10. The highest BCUT2D eigenvalue weighted by Crippen LogP contribution is 2.19. The van der Waals surface area contributed by atoms with Crippen molar-refractivity contribution in [3.63, 3.8) is 0 Å². The van der Waals surface area contributed by atoms with Gasteiger partial charge in [-0.3, -0.25) is 0 Å². The van der Waals surface area contributed by atoms with Crippen molar-refractivity contribution in [1.82, 2.24) is 14.5 Å². The zero-order valence-corrected chi connectivity index (χ0v) is 12.0. The average Bonchev–Trinajstić information content (AvgIpc) is 2.67. The molecule has 2 N–H and O–H groups in total. The van der Waals surface area contributed by atoms with E-state index in [9.17, 15) is 0 Å². The number of halogens is 1. The molecule has 0 bridgehead atoms. The minimum atomic E-state index is 0.497. The number of aromatic nitrogens is 3. The molecule has 0 fully saturated rings. The Morgan fingerprint density at radius 1 is 1.44 bits per heavy atom. The molecule has 0 saturated carbocycles. The smallest absolute Gasteiger partial charge is 0.160 e. The van der Waals surface area contributed by atoms with Crippen LogP contribution < -0.4 is 5.73 Å². The van der Waals surface area contributed by atoms with Crippen LogP contribution in [0.5, 0.6) is 0 Å². The molecule has 0 saturated heterocycles. The summed E-state index contributed by atoms with van der Waals surface area (Å²) < 4.78 is 8.23. The summed E-state index contributed by atoms with van der Waals surface area (Å²) in [6.07, 6.45) is 3.82. The minimum absolute atomic E-state index is 0.497. The molecule has 2 rings (SSSR count). The van der Waals surface area contributed by atoms with Gasteiger partial charge >= 0.3 is 0 Å². The Hall–Kier alpha value is -0.980. The maximum atomic E-state index is 5.53. The summed E-state index contributed by atoms with van der Waals surface area (Å²) in [5, 5.41) is 0. The number of imidazole rings is 1. The third kappa shape index (κ3) is 2.88. The number of aryl methyl sites for hydroxylation is 1. The summed E-state index contributed by atoms with van der Waals surface area (Å²) in [6, 6.07) is 1.97. The van der Waals surface area contributed by atoms with E-state index in [1.54, 1.807) is 13.3 Å². The van der Waals surface area contributed by atoms with Crippen LogP contribution in [0.4, 0.5) is 0 Å². The van der Waals surface area contributed by atoms with Crippen molar-refractivity contribution in [1.29, 1.82) is 0 Å². The van der Waals surface area contributed by atoms with Crippen LogP contribution in [0.3, 0.4) is 0 Å². The lowest BCUT2D eigenvalue weighted by Gasteiger charge is -2.07. The van der Waals surface area contributed by atoms with Crippen LogP contribution in [0.2, 0.25) is 0 Å². The number of rotatable bonds is 6. The highest BCUT2D eigenvalue weighted by molar-refractivity contribution is 9.10. The third-order valence-corrected chi connectivity index (χ3v) is 3.17. The number of pyridine rings is 1. The lowest BCUT2D eigenvalue weighted by atomic mass is 10.3. The van der Waals surface area contributed by atoms with E-state index in [0.717, 1.165) is 40.8 Å². The van der Waals surface area contributed by atoms with Gasteiger partial charge in [0.2, 0.25) is 0 Å². The fourth-order valence-electron chi connectivity index (χ4n) is 1.92. The summed E-state index contributed by atoms with van der Waals surface area (Å²) >= 11 is 3.41. The standard InChI is InChI=1S/C12H17BrN4O/c1-18-8-11-16-10-6-9(13)7-15-12(10)17(11)5-3-2-4-14/h6-7H,2-5,8,14H2,1H3. The van der Waals surface area contributed by atoms with Gasteiger partial charge < -0.3 is 15.0 Å². The first-order chi connectivity index (χ1) is 8.76. The Labute approximate surface area is 114 Å². The van der Waals surface area contributed by atoms with Gasteiger partial charge in [0.05, 0.1) is 0 Å². The number of fused-ring (bicyclic) bond motifs is 1. The second kappa shape index (κ2) is 6.26. The maximum absolute atomic E-state index is 5.53. The molecule has 5 nitrogen and oxygen atoms in total. The van der Waals surface area contributed by atoms with Crippen molar-refractivity contribution >= 4 is 27.1 Å². The Bertz CT molecular complexity index is 526. The van der Waals surface area contributed by atoms with Gasteiger partial charge in [-0.1, -0.05) is 0 Å². The molecule has 0 unspecified atom stereocenters. The van der Waals surface area contributed by atoms with Crippen LogP contribution in [0, 0.1) is 0 Å². The summed E-state index contributed by atoms with van der Waals surface area (Å²) in [5.74, 6) is 0.912. The molecule has 2 aromatic rings. The molecule has 0 radical (unpaired) electrons. The Kier molecular flexibility index (Phi) is 4.68. The van der Waals surface area contributed by atoms with E-state index >= 15 is 0 Å². The van der Waals surface area contributed by atoms with Gasteiger partial charge in [0, 0.05) is 24.3 Å². The first kappa shape index (κ1) is 13.5. The number of ether oxygens (including phenoxy) is 1. The second-order valence-corrected chi connectivity index (χ2v) is 5.02. The molecule has 0 aliphatic rings. The van der Waals surface area contributed by atoms with Crippen LogP contribution in [0.25, 0.3) is 11.2 Å². The van der Waals surface area contributed by atoms with Crippen LogP contribution in [-0.4, -0.2) is 28.2 Å². The van der Waals surface area contributed by atoms with Crippen molar-refractivity contribution in [2.75, 3.05) is 13.7 Å². The van der Waals surface area contributed by atoms with E-state index in [0.29, 0.717) is 13.2 Å². The van der Waals surface area contributed by atoms with Crippen LogP contribution >= 0.6 is 15.9 Å². The molecule has 0 spiro atoms. The third-order valence-electron chi connectivity index (χ3n) is 2.74. The topological polar surface area (TPSA) is 66.0 Å². The maximum Gasteiger partial charge on any atom is 0.160 e. The largest absolute Gasteiger partial charge is 0.377 e. The average molecular weight is 313 g/mol. The monoisotopic (exact) mass is 312 g/mol. The summed E-state index contributed by atoms with van der Waals surface area (Å²) in [7, 11) is 1.67. The quantitative estimate of drug-likeness (QED) is 0.829. The van der Waals surface area contributed by atoms with E-state index in [1.165, 1.54) is 0 Å². The lowest BCUT2D eigenvalue weighted by Crippen LogP contribution is -2.08. The van der Waals surface area contributed by atoms with Gasteiger partial charge in [-0.15, -0.1) is 0 Å².